The molecule has 0 radical (unpaired) electrons. The van der Waals surface area contributed by atoms with Crippen LogP contribution >= 0.6 is 0 Å². The summed E-state index contributed by atoms with van der Waals surface area (Å²) in [5.41, 5.74) is 2.09. The fourth-order valence-corrected chi connectivity index (χ4v) is 5.38. The van der Waals surface area contributed by atoms with E-state index < -0.39 is 5.97 Å². The van der Waals surface area contributed by atoms with Gasteiger partial charge in [-0.1, -0.05) is 114 Å². The maximum atomic E-state index is 11.8. The molecular formula is C40H66O9. The van der Waals surface area contributed by atoms with Crippen LogP contribution in [0.15, 0.2) is 48.5 Å². The number of para-hydroxylation sites is 2. The first-order chi connectivity index (χ1) is 24.1. The highest BCUT2D eigenvalue weighted by Crippen LogP contribution is 2.29. The highest BCUT2D eigenvalue weighted by molar-refractivity contribution is 5.35. The van der Waals surface area contributed by atoms with Gasteiger partial charge in [0.1, 0.15) is 11.5 Å². The lowest BCUT2D eigenvalue weighted by atomic mass is 10.0. The molecule has 9 nitrogen and oxygen atoms in total. The molecule has 280 valence electrons. The summed E-state index contributed by atoms with van der Waals surface area (Å²) in [4.78, 5) is 0. The van der Waals surface area contributed by atoms with Crippen LogP contribution in [-0.4, -0.2) is 88.9 Å². The van der Waals surface area contributed by atoms with Gasteiger partial charge in [-0.25, -0.2) is 0 Å². The zero-order chi connectivity index (χ0) is 35.1. The van der Waals surface area contributed by atoms with E-state index in [0.717, 1.165) is 36.8 Å². The van der Waals surface area contributed by atoms with Crippen LogP contribution in [0.25, 0.3) is 0 Å². The smallest absolute Gasteiger partial charge is 0.394 e. The second-order valence-corrected chi connectivity index (χ2v) is 12.4. The summed E-state index contributed by atoms with van der Waals surface area (Å²) in [6.45, 7) is 7.89. The van der Waals surface area contributed by atoms with E-state index in [9.17, 15) is 5.11 Å². The molecule has 0 atom stereocenters. The average Bonchev–Trinajstić information content (AvgIpc) is 3.11. The van der Waals surface area contributed by atoms with Gasteiger partial charge in [-0.15, -0.1) is 0 Å². The minimum absolute atomic E-state index is 0.0123. The first-order valence-corrected chi connectivity index (χ1v) is 18.9. The van der Waals surface area contributed by atoms with E-state index in [4.69, 9.17) is 38.3 Å². The Morgan fingerprint density at radius 3 is 1.27 bits per heavy atom. The molecule has 0 aliphatic rings. The van der Waals surface area contributed by atoms with Gasteiger partial charge >= 0.3 is 5.97 Å². The molecule has 2 N–H and O–H groups in total. The summed E-state index contributed by atoms with van der Waals surface area (Å²) >= 11 is 0. The lowest BCUT2D eigenvalue weighted by Gasteiger charge is -2.30. The molecule has 0 aliphatic carbocycles. The first kappa shape index (κ1) is 42.9. The van der Waals surface area contributed by atoms with Crippen molar-refractivity contribution in [2.75, 3.05) is 72.7 Å². The van der Waals surface area contributed by atoms with Crippen molar-refractivity contribution in [3.63, 3.8) is 0 Å². The van der Waals surface area contributed by atoms with Crippen molar-refractivity contribution in [3.05, 3.63) is 59.7 Å². The van der Waals surface area contributed by atoms with Crippen LogP contribution in [0.2, 0.25) is 0 Å². The van der Waals surface area contributed by atoms with Crippen molar-refractivity contribution in [3.8, 4) is 11.5 Å². The van der Waals surface area contributed by atoms with Crippen molar-refractivity contribution in [2.45, 2.75) is 110 Å². The van der Waals surface area contributed by atoms with E-state index in [1.807, 2.05) is 36.4 Å². The van der Waals surface area contributed by atoms with E-state index in [-0.39, 0.29) is 19.8 Å². The number of aliphatic hydroxyl groups excluding tert-OH is 1. The topological polar surface area (TPSA) is 105 Å². The third-order valence-electron chi connectivity index (χ3n) is 8.09. The molecule has 0 aromatic heterocycles. The summed E-state index contributed by atoms with van der Waals surface area (Å²) in [5, 5.41) is 20.5. The number of hydrogen-bond acceptors (Lipinski definition) is 9. The quantitative estimate of drug-likeness (QED) is 0.0566. The summed E-state index contributed by atoms with van der Waals surface area (Å²) < 4.78 is 40.2. The van der Waals surface area contributed by atoms with Crippen molar-refractivity contribution >= 4 is 0 Å². The van der Waals surface area contributed by atoms with Crippen molar-refractivity contribution in [1.82, 2.24) is 0 Å². The van der Waals surface area contributed by atoms with Crippen LogP contribution in [-0.2, 0) is 36.5 Å². The molecular weight excluding hydrogens is 624 g/mol. The summed E-state index contributed by atoms with van der Waals surface area (Å²) in [6.07, 6.45) is 16.3. The van der Waals surface area contributed by atoms with Crippen LogP contribution in [0.5, 0.6) is 11.5 Å². The molecule has 2 rings (SSSR count). The fraction of sp³-hybridized carbons (Fsp3) is 0.700. The Morgan fingerprint density at radius 2 is 0.837 bits per heavy atom. The van der Waals surface area contributed by atoms with E-state index in [1.165, 1.54) is 64.2 Å². The number of ether oxygens (including phenoxy) is 7. The molecule has 0 bridgehead atoms. The van der Waals surface area contributed by atoms with Gasteiger partial charge in [0.15, 0.2) is 6.61 Å². The zero-order valence-corrected chi connectivity index (χ0v) is 30.5. The minimum atomic E-state index is -2.03. The molecule has 0 unspecified atom stereocenters. The van der Waals surface area contributed by atoms with Crippen molar-refractivity contribution < 1.29 is 43.4 Å². The molecule has 0 saturated carbocycles. The third-order valence-corrected chi connectivity index (χ3v) is 8.09. The SMILES string of the molecule is CCCCCCCCc1ccccc1OC(O)(COCCOCCOCCOCCOCCO)Oc1ccccc1CCCCCCCC. The summed E-state index contributed by atoms with van der Waals surface area (Å²) in [7, 11) is 0. The van der Waals surface area contributed by atoms with E-state index in [1.54, 1.807) is 0 Å². The molecule has 0 saturated heterocycles. The van der Waals surface area contributed by atoms with Crippen molar-refractivity contribution in [2.24, 2.45) is 0 Å². The maximum absolute atomic E-state index is 11.8. The highest BCUT2D eigenvalue weighted by atomic mass is 16.8. The Labute approximate surface area is 296 Å². The average molecular weight is 691 g/mol. The largest absolute Gasteiger partial charge is 0.428 e. The zero-order valence-electron chi connectivity index (χ0n) is 30.5. The second kappa shape index (κ2) is 29.5. The van der Waals surface area contributed by atoms with Gasteiger partial charge in [-0.3, -0.25) is 0 Å². The van der Waals surface area contributed by atoms with Gasteiger partial charge in [0.2, 0.25) is 0 Å². The normalized spacial score (nSPS) is 11.7. The molecule has 0 amide bonds. The lowest BCUT2D eigenvalue weighted by Crippen LogP contribution is -2.47. The van der Waals surface area contributed by atoms with Gasteiger partial charge in [0.05, 0.1) is 66.1 Å². The molecule has 2 aromatic carbocycles. The van der Waals surface area contributed by atoms with Gasteiger partial charge in [-0.05, 0) is 48.9 Å². The van der Waals surface area contributed by atoms with E-state index >= 15 is 0 Å². The second-order valence-electron chi connectivity index (χ2n) is 12.4. The van der Waals surface area contributed by atoms with Gasteiger partial charge < -0.3 is 43.4 Å². The Hall–Kier alpha value is -2.24. The first-order valence-electron chi connectivity index (χ1n) is 18.9. The molecule has 9 heteroatoms. The summed E-state index contributed by atoms with van der Waals surface area (Å²) in [5.74, 6) is -0.822. The van der Waals surface area contributed by atoms with Crippen LogP contribution in [0.4, 0.5) is 0 Å². The van der Waals surface area contributed by atoms with E-state index in [2.05, 4.69) is 26.0 Å². The number of rotatable bonds is 34. The van der Waals surface area contributed by atoms with Gasteiger partial charge in [0.25, 0.3) is 0 Å². The molecule has 2 aromatic rings. The standard InChI is InChI=1S/C40H66O9/c1-3-5-7-9-11-13-19-36-21-15-17-23-38(36)48-40(42,49-39-24-18-16-22-37(39)20-14-12-10-8-6-4-2)35-47-34-33-46-32-31-45-30-29-44-28-27-43-26-25-41/h15-18,21-24,41-42H,3-14,19-20,25-35H2,1-2H3. The van der Waals surface area contributed by atoms with Crippen LogP contribution in [0.3, 0.4) is 0 Å². The highest BCUT2D eigenvalue weighted by Gasteiger charge is 2.34. The number of benzene rings is 2. The van der Waals surface area contributed by atoms with Crippen LogP contribution < -0.4 is 9.47 Å². The number of unbranched alkanes of at least 4 members (excludes halogenated alkanes) is 10. The van der Waals surface area contributed by atoms with E-state index in [0.29, 0.717) is 64.4 Å². The monoisotopic (exact) mass is 690 g/mol. The predicted molar refractivity (Wildman–Crippen MR) is 194 cm³/mol. The number of aliphatic hydroxyl groups is 2. The Balaban J connectivity index is 1.91. The number of aryl methyl sites for hydroxylation is 2. The lowest BCUT2D eigenvalue weighted by molar-refractivity contribution is -0.297. The predicted octanol–water partition coefficient (Wildman–Crippen LogP) is 7.67. The number of hydrogen-bond donors (Lipinski definition) is 2. The van der Waals surface area contributed by atoms with Gasteiger partial charge in [-0.2, -0.15) is 0 Å². The summed E-state index contributed by atoms with van der Waals surface area (Å²) in [6, 6.07) is 15.8. The Bertz CT molecular complexity index is 973. The third kappa shape index (κ3) is 21.6. The van der Waals surface area contributed by atoms with Crippen LogP contribution in [0.1, 0.15) is 102 Å². The minimum Gasteiger partial charge on any atom is -0.428 e. The molecule has 0 heterocycles. The molecule has 0 fully saturated rings. The fourth-order valence-electron chi connectivity index (χ4n) is 5.38. The molecule has 0 aliphatic heterocycles. The Morgan fingerprint density at radius 1 is 0.469 bits per heavy atom. The van der Waals surface area contributed by atoms with Gasteiger partial charge in [0, 0.05) is 0 Å². The molecule has 49 heavy (non-hydrogen) atoms. The van der Waals surface area contributed by atoms with Crippen LogP contribution in [0, 0.1) is 0 Å². The van der Waals surface area contributed by atoms with Crippen molar-refractivity contribution in [1.29, 1.82) is 0 Å². The maximum Gasteiger partial charge on any atom is 0.394 e. The Kier molecular flexibility index (Phi) is 25.8. The molecule has 0 spiro atoms.